The van der Waals surface area contributed by atoms with E-state index in [1.54, 1.807) is 0 Å². The zero-order chi connectivity index (χ0) is 19.7. The van der Waals surface area contributed by atoms with E-state index in [2.05, 4.69) is 10.6 Å². The Bertz CT molecular complexity index is 770. The molecule has 1 aromatic carbocycles. The van der Waals surface area contributed by atoms with E-state index in [0.29, 0.717) is 23.8 Å². The average Bonchev–Trinajstić information content (AvgIpc) is 3.36. The van der Waals surface area contributed by atoms with E-state index < -0.39 is 5.54 Å². The van der Waals surface area contributed by atoms with Crippen LogP contribution in [-0.4, -0.2) is 34.8 Å². The lowest BCUT2D eigenvalue weighted by molar-refractivity contribution is -0.131. The van der Waals surface area contributed by atoms with Crippen LogP contribution >= 0.6 is 11.6 Å². The maximum absolute atomic E-state index is 12.6. The molecule has 4 rings (SSSR count). The Labute approximate surface area is 170 Å². The molecule has 7 heteroatoms. The van der Waals surface area contributed by atoms with Crippen molar-refractivity contribution in [2.75, 3.05) is 6.54 Å². The SMILES string of the molecule is O=C(CCCN1C(=O)NC2(CCCC2)C1=O)N[C@H](c1ccc(Cl)cc1)C1CC1. The van der Waals surface area contributed by atoms with Gasteiger partial charge in [-0.25, -0.2) is 4.79 Å². The summed E-state index contributed by atoms with van der Waals surface area (Å²) in [5, 5.41) is 6.68. The van der Waals surface area contributed by atoms with Crippen molar-refractivity contribution in [2.24, 2.45) is 5.92 Å². The van der Waals surface area contributed by atoms with Crippen molar-refractivity contribution in [2.45, 2.75) is 62.9 Å². The molecule has 0 aromatic heterocycles. The summed E-state index contributed by atoms with van der Waals surface area (Å²) in [5.74, 6) is 0.306. The van der Waals surface area contributed by atoms with Crippen LogP contribution in [0.1, 0.15) is 63.0 Å². The third kappa shape index (κ3) is 3.88. The minimum absolute atomic E-state index is 0.00300. The number of rotatable bonds is 7. The molecule has 1 saturated heterocycles. The fourth-order valence-corrected chi connectivity index (χ4v) is 4.54. The summed E-state index contributed by atoms with van der Waals surface area (Å²) in [4.78, 5) is 38.6. The van der Waals surface area contributed by atoms with Gasteiger partial charge in [0.25, 0.3) is 5.91 Å². The first-order valence-corrected chi connectivity index (χ1v) is 10.6. The molecule has 3 fully saturated rings. The first-order chi connectivity index (χ1) is 13.5. The highest BCUT2D eigenvalue weighted by molar-refractivity contribution is 6.30. The summed E-state index contributed by atoms with van der Waals surface area (Å²) in [6.45, 7) is 0.287. The fraction of sp³-hybridized carbons (Fsp3) is 0.571. The molecular formula is C21H26ClN3O3. The second-order valence-corrected chi connectivity index (χ2v) is 8.65. The van der Waals surface area contributed by atoms with Crippen molar-refractivity contribution >= 4 is 29.4 Å². The largest absolute Gasteiger partial charge is 0.349 e. The Morgan fingerprint density at radius 1 is 1.21 bits per heavy atom. The Hall–Kier alpha value is -2.08. The van der Waals surface area contributed by atoms with E-state index >= 15 is 0 Å². The molecular weight excluding hydrogens is 378 g/mol. The predicted molar refractivity (Wildman–Crippen MR) is 106 cm³/mol. The molecule has 0 bridgehead atoms. The van der Waals surface area contributed by atoms with Gasteiger partial charge in [0.05, 0.1) is 6.04 Å². The van der Waals surface area contributed by atoms with Gasteiger partial charge in [-0.2, -0.15) is 0 Å². The number of urea groups is 1. The summed E-state index contributed by atoms with van der Waals surface area (Å²) in [6.07, 6.45) is 6.36. The van der Waals surface area contributed by atoms with Crippen molar-refractivity contribution in [3.63, 3.8) is 0 Å². The number of nitrogens with one attached hydrogen (secondary N) is 2. The predicted octanol–water partition coefficient (Wildman–Crippen LogP) is 3.55. The highest BCUT2D eigenvalue weighted by Gasteiger charge is 2.52. The van der Waals surface area contributed by atoms with Crippen molar-refractivity contribution in [3.8, 4) is 0 Å². The molecule has 6 nitrogen and oxygen atoms in total. The minimum Gasteiger partial charge on any atom is -0.349 e. The molecule has 1 spiro atoms. The van der Waals surface area contributed by atoms with Gasteiger partial charge in [-0.15, -0.1) is 0 Å². The van der Waals surface area contributed by atoms with E-state index in [-0.39, 0.29) is 30.4 Å². The molecule has 4 amide bonds. The molecule has 2 aliphatic carbocycles. The summed E-state index contributed by atoms with van der Waals surface area (Å²) >= 11 is 5.96. The second kappa shape index (κ2) is 7.74. The molecule has 2 saturated carbocycles. The summed E-state index contributed by atoms with van der Waals surface area (Å²) in [6, 6.07) is 7.29. The zero-order valence-electron chi connectivity index (χ0n) is 15.9. The van der Waals surface area contributed by atoms with Crippen LogP contribution in [0.3, 0.4) is 0 Å². The van der Waals surface area contributed by atoms with Crippen LogP contribution in [0.5, 0.6) is 0 Å². The van der Waals surface area contributed by atoms with Gasteiger partial charge >= 0.3 is 6.03 Å². The smallest absolute Gasteiger partial charge is 0.325 e. The van der Waals surface area contributed by atoms with Gasteiger partial charge in [0, 0.05) is 18.0 Å². The van der Waals surface area contributed by atoms with Gasteiger partial charge < -0.3 is 10.6 Å². The number of halogens is 1. The first-order valence-electron chi connectivity index (χ1n) is 10.2. The monoisotopic (exact) mass is 403 g/mol. The lowest BCUT2D eigenvalue weighted by atomic mass is 9.98. The van der Waals surface area contributed by atoms with Gasteiger partial charge in [0.1, 0.15) is 5.54 Å². The molecule has 1 aromatic rings. The maximum Gasteiger partial charge on any atom is 0.325 e. The lowest BCUT2D eigenvalue weighted by Gasteiger charge is -2.20. The van der Waals surface area contributed by atoms with Gasteiger partial charge in [-0.3, -0.25) is 14.5 Å². The number of imide groups is 1. The molecule has 2 N–H and O–H groups in total. The van der Waals surface area contributed by atoms with E-state index in [1.807, 2.05) is 24.3 Å². The molecule has 0 unspecified atom stereocenters. The number of benzene rings is 1. The highest BCUT2D eigenvalue weighted by Crippen LogP contribution is 2.41. The van der Waals surface area contributed by atoms with Crippen LogP contribution < -0.4 is 10.6 Å². The number of nitrogens with zero attached hydrogens (tertiary/aromatic N) is 1. The van der Waals surface area contributed by atoms with Gasteiger partial charge in [-0.1, -0.05) is 36.6 Å². The molecule has 0 radical (unpaired) electrons. The van der Waals surface area contributed by atoms with Crippen molar-refractivity contribution in [3.05, 3.63) is 34.9 Å². The normalized spacial score (nSPS) is 21.8. The van der Waals surface area contributed by atoms with Gasteiger partial charge in [0.2, 0.25) is 5.91 Å². The minimum atomic E-state index is -0.676. The van der Waals surface area contributed by atoms with Gasteiger partial charge in [-0.05, 0) is 55.7 Å². The molecule has 150 valence electrons. The third-order valence-electron chi connectivity index (χ3n) is 6.13. The number of carbonyl (C=O) groups excluding carboxylic acids is 3. The molecule has 1 heterocycles. The van der Waals surface area contributed by atoms with E-state index in [4.69, 9.17) is 11.6 Å². The summed E-state index contributed by atoms with van der Waals surface area (Å²) < 4.78 is 0. The van der Waals surface area contributed by atoms with E-state index in [1.165, 1.54) is 4.90 Å². The summed E-state index contributed by atoms with van der Waals surface area (Å²) in [7, 11) is 0. The van der Waals surface area contributed by atoms with Crippen LogP contribution in [0, 0.1) is 5.92 Å². The number of hydrogen-bond donors (Lipinski definition) is 2. The molecule has 3 aliphatic rings. The van der Waals surface area contributed by atoms with Crippen LogP contribution in [0.25, 0.3) is 0 Å². The summed E-state index contributed by atoms with van der Waals surface area (Å²) in [5.41, 5.74) is 0.392. The molecule has 1 atom stereocenters. The quantitative estimate of drug-likeness (QED) is 0.683. The number of amides is 4. The van der Waals surface area contributed by atoms with Crippen molar-refractivity contribution in [1.29, 1.82) is 0 Å². The third-order valence-corrected chi connectivity index (χ3v) is 6.38. The fourth-order valence-electron chi connectivity index (χ4n) is 4.41. The molecule has 28 heavy (non-hydrogen) atoms. The topological polar surface area (TPSA) is 78.5 Å². The van der Waals surface area contributed by atoms with Crippen LogP contribution in [0.2, 0.25) is 5.02 Å². The van der Waals surface area contributed by atoms with E-state index in [0.717, 1.165) is 44.1 Å². The standard InChI is InChI=1S/C21H26ClN3O3/c22-16-9-7-15(8-10-16)18(14-5-6-14)23-17(26)4-3-13-25-19(27)21(24-20(25)28)11-1-2-12-21/h7-10,14,18H,1-6,11-13H2,(H,23,26)(H,24,28)/t18-/m0/s1. The Morgan fingerprint density at radius 3 is 2.54 bits per heavy atom. The molecule has 1 aliphatic heterocycles. The van der Waals surface area contributed by atoms with E-state index in [9.17, 15) is 14.4 Å². The number of hydrogen-bond acceptors (Lipinski definition) is 3. The van der Waals surface area contributed by atoms with Crippen LogP contribution in [0.4, 0.5) is 4.79 Å². The Morgan fingerprint density at radius 2 is 1.89 bits per heavy atom. The van der Waals surface area contributed by atoms with Crippen molar-refractivity contribution in [1.82, 2.24) is 15.5 Å². The second-order valence-electron chi connectivity index (χ2n) is 8.21. The maximum atomic E-state index is 12.6. The van der Waals surface area contributed by atoms with Crippen molar-refractivity contribution < 1.29 is 14.4 Å². The first kappa shape index (κ1) is 19.2. The lowest BCUT2D eigenvalue weighted by Crippen LogP contribution is -2.44. The highest BCUT2D eigenvalue weighted by atomic mass is 35.5. The zero-order valence-corrected chi connectivity index (χ0v) is 16.6. The van der Waals surface area contributed by atoms with Gasteiger partial charge in [0.15, 0.2) is 0 Å². The number of carbonyl (C=O) groups is 3. The average molecular weight is 404 g/mol. The van der Waals surface area contributed by atoms with Crippen LogP contribution in [-0.2, 0) is 9.59 Å². The Kier molecular flexibility index (Phi) is 5.32. The van der Waals surface area contributed by atoms with Crippen LogP contribution in [0.15, 0.2) is 24.3 Å². The Balaban J connectivity index is 1.29.